The largest absolute Gasteiger partial charge is 0.397 e. The van der Waals surface area contributed by atoms with E-state index >= 15 is 0 Å². The zero-order chi connectivity index (χ0) is 12.4. The van der Waals surface area contributed by atoms with Crippen molar-refractivity contribution in [3.05, 3.63) is 16.2 Å². The van der Waals surface area contributed by atoms with Crippen LogP contribution in [0.4, 0.5) is 11.5 Å². The van der Waals surface area contributed by atoms with Gasteiger partial charge in [-0.2, -0.15) is 0 Å². The van der Waals surface area contributed by atoms with Crippen molar-refractivity contribution in [2.45, 2.75) is 45.6 Å². The van der Waals surface area contributed by atoms with Crippen molar-refractivity contribution in [3.63, 3.8) is 0 Å². The molecule has 2 rings (SSSR count). The number of aromatic nitrogens is 1. The van der Waals surface area contributed by atoms with Gasteiger partial charge in [-0.15, -0.1) is 0 Å². The molecule has 94 valence electrons. The molecule has 1 fully saturated rings. The Kier molecular flexibility index (Phi) is 3.92. The van der Waals surface area contributed by atoms with Crippen LogP contribution in [-0.2, 0) is 0 Å². The van der Waals surface area contributed by atoms with Crippen LogP contribution in [0.2, 0.25) is 0 Å². The summed E-state index contributed by atoms with van der Waals surface area (Å²) in [6, 6.07) is 0.645. The maximum absolute atomic E-state index is 5.87. The van der Waals surface area contributed by atoms with Crippen molar-refractivity contribution in [1.82, 2.24) is 4.98 Å². The van der Waals surface area contributed by atoms with Gasteiger partial charge in [0.2, 0.25) is 0 Å². The summed E-state index contributed by atoms with van der Waals surface area (Å²) in [6.45, 7) is 5.23. The molecule has 0 atom stereocenters. The highest BCUT2D eigenvalue weighted by Gasteiger charge is 2.24. The standard InChI is InChI=1S/C13H20BrN3/c1-3-17(10-6-4-5-7-10)13-12(14)9(2)11(15)8-16-13/h8,10H,3-7,15H2,1-2H3. The van der Waals surface area contributed by atoms with Crippen molar-refractivity contribution in [3.8, 4) is 0 Å². The Labute approximate surface area is 112 Å². The predicted octanol–water partition coefficient (Wildman–Crippen LogP) is 3.50. The Hall–Kier alpha value is -0.770. The van der Waals surface area contributed by atoms with Gasteiger partial charge in [0.05, 0.1) is 16.4 Å². The van der Waals surface area contributed by atoms with E-state index in [1.54, 1.807) is 6.20 Å². The van der Waals surface area contributed by atoms with Crippen molar-refractivity contribution in [2.24, 2.45) is 0 Å². The zero-order valence-electron chi connectivity index (χ0n) is 10.5. The fourth-order valence-corrected chi connectivity index (χ4v) is 3.13. The summed E-state index contributed by atoms with van der Waals surface area (Å²) in [5, 5.41) is 0. The fourth-order valence-electron chi connectivity index (χ4n) is 2.58. The molecule has 0 bridgehead atoms. The van der Waals surface area contributed by atoms with Gasteiger partial charge in [-0.25, -0.2) is 4.98 Å². The van der Waals surface area contributed by atoms with Gasteiger partial charge in [0.15, 0.2) is 0 Å². The summed E-state index contributed by atoms with van der Waals surface area (Å²) in [7, 11) is 0. The van der Waals surface area contributed by atoms with Gasteiger partial charge in [0.1, 0.15) is 5.82 Å². The number of nitrogens with zero attached hydrogens (tertiary/aromatic N) is 2. The molecule has 0 radical (unpaired) electrons. The Morgan fingerprint density at radius 2 is 2.12 bits per heavy atom. The van der Waals surface area contributed by atoms with E-state index in [4.69, 9.17) is 5.73 Å². The van der Waals surface area contributed by atoms with E-state index in [-0.39, 0.29) is 0 Å². The second-order valence-electron chi connectivity index (χ2n) is 4.70. The molecule has 1 aliphatic rings. The van der Waals surface area contributed by atoms with E-state index in [2.05, 4.69) is 32.7 Å². The monoisotopic (exact) mass is 297 g/mol. The van der Waals surface area contributed by atoms with Gasteiger partial charge in [0, 0.05) is 12.6 Å². The number of pyridine rings is 1. The highest BCUT2D eigenvalue weighted by Crippen LogP contribution is 2.34. The van der Waals surface area contributed by atoms with Gasteiger partial charge < -0.3 is 10.6 Å². The minimum atomic E-state index is 0.645. The molecule has 0 spiro atoms. The summed E-state index contributed by atoms with van der Waals surface area (Å²) in [6.07, 6.45) is 7.02. The molecule has 0 amide bonds. The van der Waals surface area contributed by atoms with Crippen LogP contribution in [0.25, 0.3) is 0 Å². The minimum Gasteiger partial charge on any atom is -0.397 e. The molecule has 0 aliphatic heterocycles. The van der Waals surface area contributed by atoms with Gasteiger partial charge in [-0.1, -0.05) is 12.8 Å². The molecular weight excluding hydrogens is 278 g/mol. The lowest BCUT2D eigenvalue weighted by atomic mass is 10.2. The lowest BCUT2D eigenvalue weighted by Crippen LogP contribution is -2.34. The fraction of sp³-hybridized carbons (Fsp3) is 0.615. The second-order valence-corrected chi connectivity index (χ2v) is 5.49. The van der Waals surface area contributed by atoms with E-state index in [0.717, 1.165) is 28.1 Å². The third kappa shape index (κ3) is 2.41. The molecule has 4 heteroatoms. The summed E-state index contributed by atoms with van der Waals surface area (Å²) >= 11 is 3.64. The number of hydrogen-bond donors (Lipinski definition) is 1. The molecule has 1 aromatic rings. The van der Waals surface area contributed by atoms with Crippen LogP contribution in [0, 0.1) is 6.92 Å². The van der Waals surface area contributed by atoms with E-state index < -0.39 is 0 Å². The van der Waals surface area contributed by atoms with Crippen LogP contribution in [0.5, 0.6) is 0 Å². The first-order valence-electron chi connectivity index (χ1n) is 6.32. The zero-order valence-corrected chi connectivity index (χ0v) is 12.1. The topological polar surface area (TPSA) is 42.2 Å². The molecule has 17 heavy (non-hydrogen) atoms. The molecule has 1 aromatic heterocycles. The second kappa shape index (κ2) is 5.25. The summed E-state index contributed by atoms with van der Waals surface area (Å²) in [5.41, 5.74) is 7.72. The number of anilines is 2. The lowest BCUT2D eigenvalue weighted by Gasteiger charge is -2.30. The molecule has 1 heterocycles. The molecule has 1 aliphatic carbocycles. The Morgan fingerprint density at radius 1 is 1.47 bits per heavy atom. The third-order valence-electron chi connectivity index (χ3n) is 3.66. The molecule has 0 aromatic carbocycles. The maximum atomic E-state index is 5.87. The van der Waals surface area contributed by atoms with Crippen molar-refractivity contribution in [1.29, 1.82) is 0 Å². The normalized spacial score (nSPS) is 16.4. The first kappa shape index (κ1) is 12.7. The molecule has 0 unspecified atom stereocenters. The van der Waals surface area contributed by atoms with Crippen LogP contribution in [0.1, 0.15) is 38.2 Å². The van der Waals surface area contributed by atoms with Crippen LogP contribution < -0.4 is 10.6 Å². The Morgan fingerprint density at radius 3 is 2.71 bits per heavy atom. The van der Waals surface area contributed by atoms with E-state index in [1.807, 2.05) is 6.92 Å². The summed E-state index contributed by atoms with van der Waals surface area (Å²) in [4.78, 5) is 6.91. The van der Waals surface area contributed by atoms with Gasteiger partial charge in [0.25, 0.3) is 0 Å². The van der Waals surface area contributed by atoms with Crippen LogP contribution in [0.15, 0.2) is 10.7 Å². The quantitative estimate of drug-likeness (QED) is 0.928. The molecular formula is C13H20BrN3. The maximum Gasteiger partial charge on any atom is 0.143 e. The molecule has 1 saturated carbocycles. The van der Waals surface area contributed by atoms with Crippen LogP contribution in [0.3, 0.4) is 0 Å². The summed E-state index contributed by atoms with van der Waals surface area (Å²) in [5.74, 6) is 1.05. The molecule has 0 saturated heterocycles. The summed E-state index contributed by atoms with van der Waals surface area (Å²) < 4.78 is 1.05. The van der Waals surface area contributed by atoms with Gasteiger partial charge >= 0.3 is 0 Å². The highest BCUT2D eigenvalue weighted by molar-refractivity contribution is 9.10. The Bertz CT molecular complexity index is 400. The first-order chi connectivity index (χ1) is 8.15. The number of rotatable bonds is 3. The third-order valence-corrected chi connectivity index (χ3v) is 4.61. The van der Waals surface area contributed by atoms with Crippen molar-refractivity contribution >= 4 is 27.4 Å². The van der Waals surface area contributed by atoms with Crippen LogP contribution >= 0.6 is 15.9 Å². The van der Waals surface area contributed by atoms with Gasteiger partial charge in [-0.3, -0.25) is 0 Å². The number of halogens is 1. The smallest absolute Gasteiger partial charge is 0.143 e. The van der Waals surface area contributed by atoms with E-state index in [1.165, 1.54) is 25.7 Å². The molecule has 3 nitrogen and oxygen atoms in total. The van der Waals surface area contributed by atoms with Crippen LogP contribution in [-0.4, -0.2) is 17.6 Å². The first-order valence-corrected chi connectivity index (χ1v) is 7.11. The highest BCUT2D eigenvalue weighted by atomic mass is 79.9. The number of nitrogens with two attached hydrogens (primary N) is 1. The lowest BCUT2D eigenvalue weighted by molar-refractivity contribution is 0.612. The van der Waals surface area contributed by atoms with E-state index in [9.17, 15) is 0 Å². The minimum absolute atomic E-state index is 0.645. The number of hydrogen-bond acceptors (Lipinski definition) is 3. The van der Waals surface area contributed by atoms with Crippen molar-refractivity contribution in [2.75, 3.05) is 17.2 Å². The van der Waals surface area contributed by atoms with Gasteiger partial charge in [-0.05, 0) is 48.2 Å². The average Bonchev–Trinajstić information content (AvgIpc) is 2.84. The SMILES string of the molecule is CCN(c1ncc(N)c(C)c1Br)C1CCCC1. The van der Waals surface area contributed by atoms with E-state index in [0.29, 0.717) is 6.04 Å². The number of nitrogen functional groups attached to an aromatic ring is 1. The van der Waals surface area contributed by atoms with Crippen molar-refractivity contribution < 1.29 is 0 Å². The predicted molar refractivity (Wildman–Crippen MR) is 76.4 cm³/mol. The molecule has 2 N–H and O–H groups in total. The average molecular weight is 298 g/mol. The Balaban J connectivity index is 2.33.